The Balaban J connectivity index is 1.35. The molecule has 2 bridgehead atoms. The van der Waals surface area contributed by atoms with Gasteiger partial charge in [0.15, 0.2) is 0 Å². The first-order valence-corrected chi connectivity index (χ1v) is 8.28. The Morgan fingerprint density at radius 2 is 2.04 bits per heavy atom. The zero-order valence-electron chi connectivity index (χ0n) is 13.1. The van der Waals surface area contributed by atoms with Gasteiger partial charge in [-0.3, -0.25) is 14.7 Å². The summed E-state index contributed by atoms with van der Waals surface area (Å²) in [6.07, 6.45) is 6.01. The molecule has 1 aliphatic carbocycles. The second kappa shape index (κ2) is 6.13. The van der Waals surface area contributed by atoms with Gasteiger partial charge >= 0.3 is 0 Å². The zero-order chi connectivity index (χ0) is 15.6. The fourth-order valence-electron chi connectivity index (χ4n) is 3.98. The molecule has 1 aromatic carbocycles. The van der Waals surface area contributed by atoms with Crippen LogP contribution in [0.5, 0.6) is 0 Å². The zero-order valence-corrected chi connectivity index (χ0v) is 13.1. The largest absolute Gasteiger partial charge is 0.349 e. The molecule has 1 amide bonds. The Labute approximate surface area is 136 Å². The number of hydrogen-bond acceptors (Lipinski definition) is 3. The Bertz CT molecular complexity index is 674. The van der Waals surface area contributed by atoms with Gasteiger partial charge in [0.25, 0.3) is 5.91 Å². The highest BCUT2D eigenvalue weighted by Crippen LogP contribution is 2.38. The third-order valence-corrected chi connectivity index (χ3v) is 5.12. The van der Waals surface area contributed by atoms with Crippen molar-refractivity contribution in [2.75, 3.05) is 6.54 Å². The first-order chi connectivity index (χ1) is 11.3. The third kappa shape index (κ3) is 2.99. The summed E-state index contributed by atoms with van der Waals surface area (Å²) >= 11 is 0. The van der Waals surface area contributed by atoms with Crippen molar-refractivity contribution in [1.82, 2.24) is 15.2 Å². The molecule has 4 heteroatoms. The van der Waals surface area contributed by atoms with Gasteiger partial charge in [0, 0.05) is 43.1 Å². The lowest BCUT2D eigenvalue weighted by atomic mass is 10.0. The monoisotopic (exact) mass is 307 g/mol. The summed E-state index contributed by atoms with van der Waals surface area (Å²) < 4.78 is 0. The number of likely N-dealkylation sites (tertiary alicyclic amines) is 1. The van der Waals surface area contributed by atoms with Gasteiger partial charge < -0.3 is 5.32 Å². The van der Waals surface area contributed by atoms with E-state index < -0.39 is 0 Å². The number of rotatable bonds is 4. The molecule has 118 valence electrons. The quantitative estimate of drug-likeness (QED) is 0.944. The van der Waals surface area contributed by atoms with Gasteiger partial charge in [-0.15, -0.1) is 0 Å². The standard InChI is InChI=1S/C19H21N3O/c23-19(15-6-2-1-3-7-15)21-18-10-17-9-16(18)13-22(17)12-14-5-4-8-20-11-14/h1-8,11,16-18H,9-10,12-13H2,(H,21,23)/t16-,17+,18+/m0/s1. The molecule has 0 unspecified atom stereocenters. The molecule has 3 atom stereocenters. The van der Waals surface area contributed by atoms with Crippen LogP contribution in [0.15, 0.2) is 54.9 Å². The maximum Gasteiger partial charge on any atom is 0.251 e. The Hall–Kier alpha value is -2.20. The second-order valence-electron chi connectivity index (χ2n) is 6.62. The van der Waals surface area contributed by atoms with E-state index in [0.29, 0.717) is 18.0 Å². The van der Waals surface area contributed by atoms with Crippen LogP contribution in [0.2, 0.25) is 0 Å². The van der Waals surface area contributed by atoms with E-state index in [1.165, 1.54) is 12.0 Å². The van der Waals surface area contributed by atoms with E-state index in [-0.39, 0.29) is 5.91 Å². The number of amides is 1. The summed E-state index contributed by atoms with van der Waals surface area (Å²) in [6, 6.07) is 14.5. The van der Waals surface area contributed by atoms with Crippen LogP contribution in [0.25, 0.3) is 0 Å². The van der Waals surface area contributed by atoms with Crippen LogP contribution in [-0.2, 0) is 6.54 Å². The third-order valence-electron chi connectivity index (χ3n) is 5.12. The van der Waals surface area contributed by atoms with E-state index in [0.717, 1.165) is 25.1 Å². The number of carbonyl (C=O) groups is 1. The molecule has 4 rings (SSSR count). The van der Waals surface area contributed by atoms with Crippen molar-refractivity contribution in [2.24, 2.45) is 5.92 Å². The molecule has 1 aliphatic heterocycles. The molecule has 0 spiro atoms. The van der Waals surface area contributed by atoms with E-state index in [4.69, 9.17) is 0 Å². The fraction of sp³-hybridized carbons (Fsp3) is 0.368. The molecule has 1 N–H and O–H groups in total. The number of aromatic nitrogens is 1. The number of hydrogen-bond donors (Lipinski definition) is 1. The van der Waals surface area contributed by atoms with E-state index in [1.807, 2.05) is 48.8 Å². The number of nitrogens with zero attached hydrogens (tertiary/aromatic N) is 2. The average Bonchev–Trinajstić information content (AvgIpc) is 3.16. The van der Waals surface area contributed by atoms with E-state index in [9.17, 15) is 4.79 Å². The molecular formula is C19H21N3O. The van der Waals surface area contributed by atoms with E-state index >= 15 is 0 Å². The van der Waals surface area contributed by atoms with E-state index in [1.54, 1.807) is 0 Å². The van der Waals surface area contributed by atoms with Gasteiger partial charge in [0.1, 0.15) is 0 Å². The number of benzene rings is 1. The van der Waals surface area contributed by atoms with Gasteiger partial charge in [0.05, 0.1) is 0 Å². The number of carbonyl (C=O) groups excluding carboxylic acids is 1. The maximum atomic E-state index is 12.3. The summed E-state index contributed by atoms with van der Waals surface area (Å²) in [4.78, 5) is 19.0. The molecule has 1 saturated heterocycles. The number of fused-ring (bicyclic) bond motifs is 2. The molecule has 0 radical (unpaired) electrons. The SMILES string of the molecule is O=C(N[C@@H]1C[C@H]2C[C@H]1CN2Cc1cccnc1)c1ccccc1. The van der Waals surface area contributed by atoms with Crippen molar-refractivity contribution < 1.29 is 4.79 Å². The maximum absolute atomic E-state index is 12.3. The summed E-state index contributed by atoms with van der Waals surface area (Å²) in [5.74, 6) is 0.631. The predicted octanol–water partition coefficient (Wildman–Crippen LogP) is 2.47. The van der Waals surface area contributed by atoms with Gasteiger partial charge in [0.2, 0.25) is 0 Å². The normalized spacial score (nSPS) is 26.3. The van der Waals surface area contributed by atoms with E-state index in [2.05, 4.69) is 21.3 Å². The highest BCUT2D eigenvalue weighted by molar-refractivity contribution is 5.94. The molecule has 4 nitrogen and oxygen atoms in total. The molecule has 23 heavy (non-hydrogen) atoms. The number of nitrogens with one attached hydrogen (secondary N) is 1. The van der Waals surface area contributed by atoms with Crippen LogP contribution in [0, 0.1) is 5.92 Å². The van der Waals surface area contributed by atoms with Crippen LogP contribution in [0.3, 0.4) is 0 Å². The minimum absolute atomic E-state index is 0.0574. The van der Waals surface area contributed by atoms with Crippen LogP contribution in [0.1, 0.15) is 28.8 Å². The summed E-state index contributed by atoms with van der Waals surface area (Å²) in [5.41, 5.74) is 2.02. The number of piperidine rings is 1. The van der Waals surface area contributed by atoms with Crippen molar-refractivity contribution in [3.05, 3.63) is 66.0 Å². The molecule has 2 heterocycles. The van der Waals surface area contributed by atoms with Crippen molar-refractivity contribution in [2.45, 2.75) is 31.5 Å². The lowest BCUT2D eigenvalue weighted by Gasteiger charge is -2.31. The lowest BCUT2D eigenvalue weighted by molar-refractivity contribution is 0.0904. The first kappa shape index (κ1) is 14.4. The predicted molar refractivity (Wildman–Crippen MR) is 88.9 cm³/mol. The van der Waals surface area contributed by atoms with Gasteiger partial charge in [-0.25, -0.2) is 0 Å². The van der Waals surface area contributed by atoms with Gasteiger partial charge in [-0.05, 0) is 42.5 Å². The molecule has 1 aromatic heterocycles. The smallest absolute Gasteiger partial charge is 0.251 e. The summed E-state index contributed by atoms with van der Waals surface area (Å²) in [5, 5.41) is 3.23. The number of pyridine rings is 1. The van der Waals surface area contributed by atoms with Crippen LogP contribution in [0.4, 0.5) is 0 Å². The lowest BCUT2D eigenvalue weighted by Crippen LogP contribution is -2.45. The average molecular weight is 307 g/mol. The highest BCUT2D eigenvalue weighted by Gasteiger charge is 2.44. The van der Waals surface area contributed by atoms with Crippen LogP contribution < -0.4 is 5.32 Å². The molecule has 2 fully saturated rings. The highest BCUT2D eigenvalue weighted by atomic mass is 16.1. The minimum atomic E-state index is 0.0574. The molecule has 2 aliphatic rings. The van der Waals surface area contributed by atoms with Crippen molar-refractivity contribution >= 4 is 5.91 Å². The summed E-state index contributed by atoms with van der Waals surface area (Å²) in [6.45, 7) is 2.04. The minimum Gasteiger partial charge on any atom is -0.349 e. The molecule has 1 saturated carbocycles. The van der Waals surface area contributed by atoms with Crippen LogP contribution >= 0.6 is 0 Å². The summed E-state index contributed by atoms with van der Waals surface area (Å²) in [7, 11) is 0. The fourth-order valence-corrected chi connectivity index (χ4v) is 3.98. The van der Waals surface area contributed by atoms with Crippen molar-refractivity contribution in [1.29, 1.82) is 0 Å². The van der Waals surface area contributed by atoms with Gasteiger partial charge in [-0.1, -0.05) is 24.3 Å². The first-order valence-electron chi connectivity index (χ1n) is 8.28. The topological polar surface area (TPSA) is 45.2 Å². The van der Waals surface area contributed by atoms with Gasteiger partial charge in [-0.2, -0.15) is 0 Å². The molecular weight excluding hydrogens is 286 g/mol. The Kier molecular flexibility index (Phi) is 3.83. The van der Waals surface area contributed by atoms with Crippen LogP contribution in [-0.4, -0.2) is 34.4 Å². The molecule has 2 aromatic rings. The van der Waals surface area contributed by atoms with Crippen molar-refractivity contribution in [3.8, 4) is 0 Å². The second-order valence-corrected chi connectivity index (χ2v) is 6.62. The Morgan fingerprint density at radius 3 is 2.74 bits per heavy atom. The Morgan fingerprint density at radius 1 is 1.17 bits per heavy atom. The van der Waals surface area contributed by atoms with Crippen molar-refractivity contribution in [3.63, 3.8) is 0 Å².